The summed E-state index contributed by atoms with van der Waals surface area (Å²) in [5, 5.41) is 2.13. The van der Waals surface area contributed by atoms with Crippen molar-refractivity contribution in [2.45, 2.75) is 19.4 Å². The van der Waals surface area contributed by atoms with Crippen LogP contribution in [-0.4, -0.2) is 123 Å². The van der Waals surface area contributed by atoms with E-state index in [1.165, 1.54) is 7.11 Å². The molecule has 0 unspecified atom stereocenters. The summed E-state index contributed by atoms with van der Waals surface area (Å²) in [4.78, 5) is 35.7. The quantitative estimate of drug-likeness (QED) is 0.422. The van der Waals surface area contributed by atoms with Gasteiger partial charge in [-0.15, -0.1) is 11.3 Å². The first-order valence-corrected chi connectivity index (χ1v) is 17.0. The number of fused-ring (bicyclic) bond motifs is 1. The van der Waals surface area contributed by atoms with Crippen LogP contribution in [0.3, 0.4) is 0 Å². The van der Waals surface area contributed by atoms with Gasteiger partial charge in [0.2, 0.25) is 21.9 Å². The van der Waals surface area contributed by atoms with Gasteiger partial charge in [0, 0.05) is 76.2 Å². The number of rotatable bonds is 7. The van der Waals surface area contributed by atoms with Gasteiger partial charge in [0.1, 0.15) is 5.69 Å². The molecule has 0 radical (unpaired) electrons. The van der Waals surface area contributed by atoms with Gasteiger partial charge in [-0.2, -0.15) is 0 Å². The highest BCUT2D eigenvalue weighted by Gasteiger charge is 2.28. The SMILES string of the molecule is COc1ncc(-c2nc(N3CCOCC3)nc3c(CN4CCN(C(=O)N5CCCC5)CC4)csc23)cc1NS(C)(=O)=O. The molecule has 2 amide bonds. The van der Waals surface area contributed by atoms with Gasteiger partial charge in [0.25, 0.3) is 0 Å². The number of aromatic nitrogens is 3. The summed E-state index contributed by atoms with van der Waals surface area (Å²) in [5.74, 6) is 0.784. The molecule has 42 heavy (non-hydrogen) atoms. The summed E-state index contributed by atoms with van der Waals surface area (Å²) >= 11 is 1.57. The monoisotopic (exact) mass is 616 g/mol. The Balaban J connectivity index is 1.30. The van der Waals surface area contributed by atoms with Crippen LogP contribution >= 0.6 is 11.3 Å². The number of amides is 2. The summed E-state index contributed by atoms with van der Waals surface area (Å²) in [6, 6.07) is 1.87. The number of hydrogen-bond acceptors (Lipinski definition) is 11. The second-order valence-corrected chi connectivity index (χ2v) is 13.4. The minimum Gasteiger partial charge on any atom is -0.480 e. The molecule has 13 nitrogen and oxygen atoms in total. The Kier molecular flexibility index (Phi) is 8.34. The molecule has 15 heteroatoms. The Morgan fingerprint density at radius 1 is 1.05 bits per heavy atom. The van der Waals surface area contributed by atoms with Gasteiger partial charge in [-0.1, -0.05) is 0 Å². The predicted molar refractivity (Wildman–Crippen MR) is 162 cm³/mol. The van der Waals surface area contributed by atoms with Crippen molar-refractivity contribution in [2.24, 2.45) is 0 Å². The number of likely N-dealkylation sites (tertiary alicyclic amines) is 1. The van der Waals surface area contributed by atoms with E-state index in [1.54, 1.807) is 23.6 Å². The van der Waals surface area contributed by atoms with Crippen LogP contribution in [0.1, 0.15) is 18.4 Å². The standard InChI is InChI=1S/C27H36N8O5S2/c1-39-25-21(31-42(2,37)38)15-19(16-28-25)22-24-23(30-26(29-22)33-11-13-40-14-12-33)20(18-41-24)17-32-7-9-35(10-8-32)27(36)34-5-3-4-6-34/h15-16,18,31H,3-14,17H2,1-2H3. The predicted octanol–water partition coefficient (Wildman–Crippen LogP) is 2.30. The molecule has 1 N–H and O–H groups in total. The van der Waals surface area contributed by atoms with Crippen LogP contribution in [-0.2, 0) is 21.3 Å². The number of piperazine rings is 1. The molecule has 0 aromatic carbocycles. The fourth-order valence-electron chi connectivity index (χ4n) is 5.63. The summed E-state index contributed by atoms with van der Waals surface area (Å²) in [6.45, 7) is 8.02. The fourth-order valence-corrected chi connectivity index (χ4v) is 7.19. The van der Waals surface area contributed by atoms with Gasteiger partial charge in [-0.05, 0) is 24.3 Å². The largest absolute Gasteiger partial charge is 0.480 e. The number of carbonyl (C=O) groups excluding carboxylic acids is 1. The van der Waals surface area contributed by atoms with Crippen molar-refractivity contribution >= 4 is 49.2 Å². The molecular weight excluding hydrogens is 580 g/mol. The highest BCUT2D eigenvalue weighted by Crippen LogP contribution is 2.37. The summed E-state index contributed by atoms with van der Waals surface area (Å²) in [5.41, 5.74) is 3.56. The average Bonchev–Trinajstić information content (AvgIpc) is 3.67. The van der Waals surface area contributed by atoms with E-state index in [4.69, 9.17) is 19.4 Å². The van der Waals surface area contributed by atoms with Crippen molar-refractivity contribution in [3.8, 4) is 17.1 Å². The second-order valence-electron chi connectivity index (χ2n) is 10.8. The molecule has 226 valence electrons. The van der Waals surface area contributed by atoms with Crippen molar-refractivity contribution < 1.29 is 22.7 Å². The Labute approximate surface area is 249 Å². The first-order chi connectivity index (χ1) is 20.3. The molecule has 0 spiro atoms. The number of anilines is 2. The number of ether oxygens (including phenoxy) is 2. The van der Waals surface area contributed by atoms with Gasteiger partial charge in [-0.3, -0.25) is 9.62 Å². The van der Waals surface area contributed by atoms with Crippen molar-refractivity contribution in [1.29, 1.82) is 0 Å². The molecule has 6 rings (SSSR count). The van der Waals surface area contributed by atoms with E-state index < -0.39 is 10.0 Å². The van der Waals surface area contributed by atoms with Crippen LogP contribution in [0.25, 0.3) is 21.5 Å². The minimum absolute atomic E-state index is 0.165. The first kappa shape index (κ1) is 28.8. The van der Waals surface area contributed by atoms with Gasteiger partial charge < -0.3 is 24.2 Å². The Bertz CT molecular complexity index is 1550. The van der Waals surface area contributed by atoms with E-state index in [9.17, 15) is 13.2 Å². The molecule has 3 saturated heterocycles. The van der Waals surface area contributed by atoms with Crippen LogP contribution in [0.4, 0.5) is 16.4 Å². The third-order valence-electron chi connectivity index (χ3n) is 7.80. The molecule has 0 aliphatic carbocycles. The minimum atomic E-state index is -3.56. The number of sulfonamides is 1. The number of methoxy groups -OCH3 is 1. The number of thiophene rings is 1. The third kappa shape index (κ3) is 6.23. The first-order valence-electron chi connectivity index (χ1n) is 14.2. The lowest BCUT2D eigenvalue weighted by Gasteiger charge is -2.36. The van der Waals surface area contributed by atoms with E-state index in [0.717, 1.165) is 61.1 Å². The van der Waals surface area contributed by atoms with Crippen molar-refractivity contribution in [3.05, 3.63) is 23.2 Å². The van der Waals surface area contributed by atoms with Crippen LogP contribution in [0.2, 0.25) is 0 Å². The van der Waals surface area contributed by atoms with Gasteiger partial charge in [-0.25, -0.2) is 28.2 Å². The highest BCUT2D eigenvalue weighted by atomic mass is 32.2. The summed E-state index contributed by atoms with van der Waals surface area (Å²) in [7, 11) is -2.11. The number of nitrogens with one attached hydrogen (secondary N) is 1. The Hall–Kier alpha value is -3.27. The van der Waals surface area contributed by atoms with E-state index >= 15 is 0 Å². The van der Waals surface area contributed by atoms with Gasteiger partial charge >= 0.3 is 6.03 Å². The fraction of sp³-hybridized carbons (Fsp3) is 0.556. The Morgan fingerprint density at radius 3 is 2.45 bits per heavy atom. The zero-order chi connectivity index (χ0) is 29.3. The average molecular weight is 617 g/mol. The molecule has 0 bridgehead atoms. The van der Waals surface area contributed by atoms with E-state index in [1.807, 2.05) is 9.80 Å². The van der Waals surface area contributed by atoms with Crippen LogP contribution in [0, 0.1) is 0 Å². The molecule has 0 atom stereocenters. The Morgan fingerprint density at radius 2 is 1.76 bits per heavy atom. The van der Waals surface area contributed by atoms with Crippen molar-refractivity contribution in [2.75, 3.05) is 88.6 Å². The number of urea groups is 1. The van der Waals surface area contributed by atoms with E-state index in [-0.39, 0.29) is 17.6 Å². The van der Waals surface area contributed by atoms with Crippen LogP contribution in [0.5, 0.6) is 5.88 Å². The maximum atomic E-state index is 12.9. The molecule has 3 aromatic rings. The zero-order valence-electron chi connectivity index (χ0n) is 23.9. The number of hydrogen-bond donors (Lipinski definition) is 1. The van der Waals surface area contributed by atoms with Crippen LogP contribution in [0.15, 0.2) is 17.6 Å². The molecule has 6 heterocycles. The van der Waals surface area contributed by atoms with Crippen LogP contribution < -0.4 is 14.4 Å². The van der Waals surface area contributed by atoms with Crippen molar-refractivity contribution in [1.82, 2.24) is 29.7 Å². The highest BCUT2D eigenvalue weighted by molar-refractivity contribution is 7.92. The zero-order valence-corrected chi connectivity index (χ0v) is 25.5. The molecule has 3 aliphatic heterocycles. The number of morpholine rings is 1. The van der Waals surface area contributed by atoms with E-state index in [0.29, 0.717) is 63.1 Å². The second kappa shape index (κ2) is 12.1. The number of nitrogens with zero attached hydrogens (tertiary/aromatic N) is 7. The van der Waals surface area contributed by atoms with Gasteiger partial charge in [0.05, 0.1) is 42.5 Å². The number of pyridine rings is 1. The molecular formula is C27H36N8O5S2. The number of carbonyl (C=O) groups is 1. The lowest BCUT2D eigenvalue weighted by atomic mass is 10.1. The molecule has 3 aliphatic rings. The smallest absolute Gasteiger partial charge is 0.320 e. The van der Waals surface area contributed by atoms with E-state index in [2.05, 4.69) is 24.9 Å². The molecule has 3 aromatic heterocycles. The van der Waals surface area contributed by atoms with Crippen molar-refractivity contribution in [3.63, 3.8) is 0 Å². The maximum Gasteiger partial charge on any atom is 0.320 e. The summed E-state index contributed by atoms with van der Waals surface area (Å²) in [6.07, 6.45) is 4.92. The third-order valence-corrected chi connectivity index (χ3v) is 9.41. The molecule has 0 saturated carbocycles. The maximum absolute atomic E-state index is 12.9. The normalized spacial score (nSPS) is 18.6. The lowest BCUT2D eigenvalue weighted by molar-refractivity contribution is 0.115. The topological polar surface area (TPSA) is 133 Å². The lowest BCUT2D eigenvalue weighted by Crippen LogP contribution is -2.52. The van der Waals surface area contributed by atoms with Gasteiger partial charge in [0.15, 0.2) is 0 Å². The molecule has 3 fully saturated rings. The summed E-state index contributed by atoms with van der Waals surface area (Å²) < 4.78 is 38.4.